The van der Waals surface area contributed by atoms with Gasteiger partial charge in [-0.1, -0.05) is 36.0 Å². The average molecular weight is 417 g/mol. The summed E-state index contributed by atoms with van der Waals surface area (Å²) in [5, 5.41) is 10.8. The Bertz CT molecular complexity index is 1290. The van der Waals surface area contributed by atoms with Gasteiger partial charge < -0.3 is 4.90 Å². The van der Waals surface area contributed by atoms with Crippen molar-refractivity contribution in [2.24, 2.45) is 0 Å². The molecule has 5 rings (SSSR count). The normalized spacial score (nSPS) is 13.8. The number of aromatic nitrogens is 3. The van der Waals surface area contributed by atoms with Gasteiger partial charge in [0.15, 0.2) is 10.8 Å². The molecule has 0 aliphatic carbocycles. The van der Waals surface area contributed by atoms with Gasteiger partial charge in [-0.25, -0.2) is 0 Å². The fourth-order valence-corrected chi connectivity index (χ4v) is 5.04. The third-order valence-electron chi connectivity index (χ3n) is 6.05. The van der Waals surface area contributed by atoms with Crippen LogP contribution < -0.4 is 0 Å². The largest absolute Gasteiger partial charge is 0.337 e. The second kappa shape index (κ2) is 7.43. The fraction of sp³-hybridized carbons (Fsp3) is 0.292. The Morgan fingerprint density at radius 3 is 2.57 bits per heavy atom. The maximum Gasteiger partial charge on any atom is 0.233 e. The van der Waals surface area contributed by atoms with Crippen LogP contribution in [0.1, 0.15) is 27.8 Å². The van der Waals surface area contributed by atoms with Gasteiger partial charge in [-0.15, -0.1) is 10.2 Å². The number of pyridine rings is 1. The van der Waals surface area contributed by atoms with E-state index in [-0.39, 0.29) is 5.91 Å². The van der Waals surface area contributed by atoms with E-state index in [0.29, 0.717) is 12.3 Å². The van der Waals surface area contributed by atoms with Gasteiger partial charge in [0.25, 0.3) is 0 Å². The fourth-order valence-electron chi connectivity index (χ4n) is 4.19. The first-order valence-electron chi connectivity index (χ1n) is 10.2. The van der Waals surface area contributed by atoms with Crippen molar-refractivity contribution in [1.29, 1.82) is 0 Å². The number of carbonyl (C=O) groups excluding carboxylic acids is 1. The summed E-state index contributed by atoms with van der Waals surface area (Å²) in [7, 11) is 0. The summed E-state index contributed by atoms with van der Waals surface area (Å²) in [6.45, 7) is 7.78. The summed E-state index contributed by atoms with van der Waals surface area (Å²) in [5.41, 5.74) is 8.14. The van der Waals surface area contributed by atoms with Crippen LogP contribution in [0.25, 0.3) is 16.6 Å². The van der Waals surface area contributed by atoms with Crippen LogP contribution in [0, 0.1) is 20.8 Å². The van der Waals surface area contributed by atoms with Crippen molar-refractivity contribution < 1.29 is 4.79 Å². The molecule has 0 spiro atoms. The lowest BCUT2D eigenvalue weighted by Gasteiger charge is -2.28. The molecule has 0 atom stereocenters. The standard InChI is InChI=1S/C24H24N4OS/c1-15-10-20-11-17(3)23-25-26-24(28(23)21(20)12-16(15)2)30-14-22(29)27-9-8-18-6-4-5-7-19(18)13-27/h4-7,10-12H,8-9,13-14H2,1-3H3. The van der Waals surface area contributed by atoms with Crippen molar-refractivity contribution in [3.05, 3.63) is 70.3 Å². The molecule has 0 fully saturated rings. The molecule has 1 amide bonds. The summed E-state index contributed by atoms with van der Waals surface area (Å²) in [6.07, 6.45) is 0.920. The predicted molar refractivity (Wildman–Crippen MR) is 121 cm³/mol. The van der Waals surface area contributed by atoms with E-state index >= 15 is 0 Å². The number of rotatable bonds is 3. The highest BCUT2D eigenvalue weighted by atomic mass is 32.2. The van der Waals surface area contributed by atoms with Crippen molar-refractivity contribution in [3.63, 3.8) is 0 Å². The van der Waals surface area contributed by atoms with Gasteiger partial charge in [0, 0.05) is 13.1 Å². The van der Waals surface area contributed by atoms with E-state index in [2.05, 4.69) is 71.8 Å². The quantitative estimate of drug-likeness (QED) is 0.462. The van der Waals surface area contributed by atoms with E-state index in [0.717, 1.165) is 34.8 Å². The second-order valence-electron chi connectivity index (χ2n) is 8.09. The Balaban J connectivity index is 1.42. The molecule has 1 aliphatic heterocycles. The lowest BCUT2D eigenvalue weighted by atomic mass is 10.00. The van der Waals surface area contributed by atoms with E-state index in [9.17, 15) is 4.79 Å². The molecular formula is C24H24N4OS. The number of nitrogens with zero attached hydrogens (tertiary/aromatic N) is 4. The molecule has 30 heavy (non-hydrogen) atoms. The molecular weight excluding hydrogens is 392 g/mol. The van der Waals surface area contributed by atoms with Crippen LogP contribution in [-0.2, 0) is 17.8 Å². The van der Waals surface area contributed by atoms with Crippen molar-refractivity contribution in [3.8, 4) is 0 Å². The number of fused-ring (bicyclic) bond motifs is 4. The van der Waals surface area contributed by atoms with Gasteiger partial charge in [0.05, 0.1) is 11.3 Å². The maximum absolute atomic E-state index is 12.9. The molecule has 5 nitrogen and oxygen atoms in total. The number of hydrogen-bond acceptors (Lipinski definition) is 4. The van der Waals surface area contributed by atoms with Crippen LogP contribution in [0.5, 0.6) is 0 Å². The van der Waals surface area contributed by atoms with Crippen molar-refractivity contribution in [1.82, 2.24) is 19.5 Å². The molecule has 0 unspecified atom stereocenters. The third-order valence-corrected chi connectivity index (χ3v) is 6.96. The molecule has 2 aromatic heterocycles. The van der Waals surface area contributed by atoms with Crippen LogP contribution in [-0.4, -0.2) is 37.7 Å². The lowest BCUT2D eigenvalue weighted by molar-refractivity contribution is -0.129. The number of benzene rings is 2. The van der Waals surface area contributed by atoms with E-state index in [1.165, 1.54) is 39.4 Å². The molecule has 152 valence electrons. The third kappa shape index (κ3) is 3.25. The Hall–Kier alpha value is -2.86. The molecule has 0 saturated carbocycles. The number of carbonyl (C=O) groups is 1. The Labute approximate surface area is 180 Å². The van der Waals surface area contributed by atoms with Gasteiger partial charge >= 0.3 is 0 Å². The van der Waals surface area contributed by atoms with E-state index in [1.807, 2.05) is 11.0 Å². The molecule has 0 saturated heterocycles. The summed E-state index contributed by atoms with van der Waals surface area (Å²) < 4.78 is 2.10. The molecule has 4 aromatic rings. The Kier molecular flexibility index (Phi) is 4.74. The molecule has 0 N–H and O–H groups in total. The van der Waals surface area contributed by atoms with Crippen LogP contribution in [0.4, 0.5) is 0 Å². The number of thioether (sulfide) groups is 1. The summed E-state index contributed by atoms with van der Waals surface area (Å²) in [4.78, 5) is 14.9. The molecule has 6 heteroatoms. The van der Waals surface area contributed by atoms with Crippen LogP contribution in [0.15, 0.2) is 47.6 Å². The zero-order valence-corrected chi connectivity index (χ0v) is 18.3. The summed E-state index contributed by atoms with van der Waals surface area (Å²) >= 11 is 1.47. The molecule has 0 radical (unpaired) electrons. The summed E-state index contributed by atoms with van der Waals surface area (Å²) in [6, 6.07) is 14.9. The smallest absolute Gasteiger partial charge is 0.233 e. The Morgan fingerprint density at radius 2 is 1.73 bits per heavy atom. The van der Waals surface area contributed by atoms with Gasteiger partial charge in [-0.2, -0.15) is 0 Å². The van der Waals surface area contributed by atoms with Crippen LogP contribution in [0.2, 0.25) is 0 Å². The van der Waals surface area contributed by atoms with Gasteiger partial charge in [-0.3, -0.25) is 9.20 Å². The molecule has 0 bridgehead atoms. The first kappa shape index (κ1) is 19.1. The van der Waals surface area contributed by atoms with Gasteiger partial charge in [-0.05, 0) is 78.6 Å². The summed E-state index contributed by atoms with van der Waals surface area (Å²) in [5.74, 6) is 0.513. The minimum absolute atomic E-state index is 0.148. The highest BCUT2D eigenvalue weighted by Crippen LogP contribution is 2.28. The first-order valence-corrected chi connectivity index (χ1v) is 11.2. The number of aryl methyl sites for hydroxylation is 3. The van der Waals surface area contributed by atoms with Crippen molar-refractivity contribution in [2.45, 2.75) is 38.9 Å². The molecule has 1 aliphatic rings. The minimum atomic E-state index is 0.148. The first-order chi connectivity index (χ1) is 14.5. The topological polar surface area (TPSA) is 50.5 Å². The number of amides is 1. The maximum atomic E-state index is 12.9. The highest BCUT2D eigenvalue weighted by Gasteiger charge is 2.21. The van der Waals surface area contributed by atoms with E-state index < -0.39 is 0 Å². The average Bonchev–Trinajstić information content (AvgIpc) is 3.18. The zero-order chi connectivity index (χ0) is 20.8. The molecule has 2 aromatic carbocycles. The number of hydrogen-bond donors (Lipinski definition) is 0. The Morgan fingerprint density at radius 1 is 1.00 bits per heavy atom. The van der Waals surface area contributed by atoms with Gasteiger partial charge in [0.1, 0.15) is 0 Å². The zero-order valence-electron chi connectivity index (χ0n) is 17.5. The van der Waals surface area contributed by atoms with Crippen LogP contribution in [0.3, 0.4) is 0 Å². The van der Waals surface area contributed by atoms with Crippen molar-refractivity contribution in [2.75, 3.05) is 12.3 Å². The van der Waals surface area contributed by atoms with Crippen molar-refractivity contribution >= 4 is 34.2 Å². The van der Waals surface area contributed by atoms with Crippen LogP contribution >= 0.6 is 11.8 Å². The SMILES string of the molecule is Cc1cc2cc(C)c3nnc(SCC(=O)N4CCc5ccccc5C4)n3c2cc1C. The lowest BCUT2D eigenvalue weighted by Crippen LogP contribution is -2.37. The predicted octanol–water partition coefficient (Wildman–Crippen LogP) is 4.48. The second-order valence-corrected chi connectivity index (χ2v) is 9.03. The monoisotopic (exact) mass is 416 g/mol. The molecule has 3 heterocycles. The van der Waals surface area contributed by atoms with Gasteiger partial charge in [0.2, 0.25) is 5.91 Å². The minimum Gasteiger partial charge on any atom is -0.337 e. The highest BCUT2D eigenvalue weighted by molar-refractivity contribution is 7.99. The van der Waals surface area contributed by atoms with E-state index in [4.69, 9.17) is 0 Å². The van der Waals surface area contributed by atoms with E-state index in [1.54, 1.807) is 0 Å².